The van der Waals surface area contributed by atoms with E-state index in [-0.39, 0.29) is 11.0 Å². The molecule has 2 N–H and O–H groups in total. The van der Waals surface area contributed by atoms with E-state index in [2.05, 4.69) is 5.32 Å². The minimum atomic E-state index is -4.45. The van der Waals surface area contributed by atoms with Gasteiger partial charge in [-0.25, -0.2) is 4.79 Å². The molecule has 0 aliphatic heterocycles. The van der Waals surface area contributed by atoms with Gasteiger partial charge in [0.15, 0.2) is 0 Å². The lowest BCUT2D eigenvalue weighted by molar-refractivity contribution is -0.137. The van der Waals surface area contributed by atoms with Crippen molar-refractivity contribution in [2.24, 2.45) is 5.41 Å². The maximum absolute atomic E-state index is 13.4. The topological polar surface area (TPSA) is 49.3 Å². The molecule has 2 aromatic rings. The third-order valence-electron chi connectivity index (χ3n) is 5.09. The molecule has 0 saturated carbocycles. The van der Waals surface area contributed by atoms with Crippen LogP contribution >= 0.6 is 0 Å². The first-order chi connectivity index (χ1) is 12.1. The summed E-state index contributed by atoms with van der Waals surface area (Å²) in [6, 6.07) is 10.2. The Morgan fingerprint density at radius 3 is 2.54 bits per heavy atom. The molecule has 3 rings (SSSR count). The Morgan fingerprint density at radius 2 is 1.88 bits per heavy atom. The van der Waals surface area contributed by atoms with Gasteiger partial charge in [0.2, 0.25) is 0 Å². The second kappa shape index (κ2) is 6.34. The highest BCUT2D eigenvalue weighted by atomic mass is 19.4. The van der Waals surface area contributed by atoms with E-state index in [0.717, 1.165) is 30.0 Å². The molecule has 2 aromatic carbocycles. The Hall–Kier alpha value is -2.50. The lowest BCUT2D eigenvalue weighted by atomic mass is 9.70. The van der Waals surface area contributed by atoms with Crippen LogP contribution in [0.15, 0.2) is 42.5 Å². The standard InChI is InChI=1S/C20H20F3NO2/c1-19(2)10-9-12-7-8-13(11-15(12)17(19)24-18(25)26)14-5-3-4-6-16(14)20(21,22)23/h3-8,11,17,24H,9-10H2,1-2H3,(H,25,26). The van der Waals surface area contributed by atoms with Gasteiger partial charge in [0.05, 0.1) is 11.6 Å². The molecule has 1 aliphatic rings. The van der Waals surface area contributed by atoms with Gasteiger partial charge in [0, 0.05) is 0 Å². The van der Waals surface area contributed by atoms with Crippen LogP contribution in [-0.4, -0.2) is 11.2 Å². The SMILES string of the molecule is CC1(C)CCc2ccc(-c3ccccc3C(F)(F)F)cc2C1NC(=O)O. The van der Waals surface area contributed by atoms with Crippen LogP contribution in [0.3, 0.4) is 0 Å². The molecule has 1 amide bonds. The third kappa shape index (κ3) is 3.41. The number of halogens is 3. The number of nitrogens with one attached hydrogen (secondary N) is 1. The van der Waals surface area contributed by atoms with Gasteiger partial charge in [-0.2, -0.15) is 13.2 Å². The molecular weight excluding hydrogens is 343 g/mol. The van der Waals surface area contributed by atoms with Gasteiger partial charge in [0.1, 0.15) is 0 Å². The fourth-order valence-electron chi connectivity index (χ4n) is 3.66. The normalized spacial score (nSPS) is 18.9. The zero-order chi connectivity index (χ0) is 19.1. The van der Waals surface area contributed by atoms with E-state index < -0.39 is 23.9 Å². The third-order valence-corrected chi connectivity index (χ3v) is 5.09. The number of alkyl halides is 3. The summed E-state index contributed by atoms with van der Waals surface area (Å²) >= 11 is 0. The summed E-state index contributed by atoms with van der Waals surface area (Å²) in [4.78, 5) is 11.2. The number of carboxylic acid groups (broad SMARTS) is 1. The van der Waals surface area contributed by atoms with Crippen LogP contribution in [0.1, 0.15) is 43.0 Å². The number of fused-ring (bicyclic) bond motifs is 1. The van der Waals surface area contributed by atoms with Crippen LogP contribution in [-0.2, 0) is 12.6 Å². The molecule has 1 aliphatic carbocycles. The first kappa shape index (κ1) is 18.3. The Bertz CT molecular complexity index is 843. The van der Waals surface area contributed by atoms with E-state index in [1.54, 1.807) is 18.2 Å². The minimum Gasteiger partial charge on any atom is -0.465 e. The second-order valence-electron chi connectivity index (χ2n) is 7.33. The van der Waals surface area contributed by atoms with Gasteiger partial charge < -0.3 is 10.4 Å². The smallest absolute Gasteiger partial charge is 0.417 e. The van der Waals surface area contributed by atoms with Crippen LogP contribution in [0.4, 0.5) is 18.0 Å². The molecule has 0 bridgehead atoms. The quantitative estimate of drug-likeness (QED) is 0.724. The Morgan fingerprint density at radius 1 is 1.19 bits per heavy atom. The predicted molar refractivity (Wildman–Crippen MR) is 92.9 cm³/mol. The molecule has 0 spiro atoms. The summed E-state index contributed by atoms with van der Waals surface area (Å²) in [5.74, 6) is 0. The van der Waals surface area contributed by atoms with Crippen molar-refractivity contribution in [1.29, 1.82) is 0 Å². The van der Waals surface area contributed by atoms with Gasteiger partial charge in [-0.15, -0.1) is 0 Å². The molecule has 0 saturated heterocycles. The Balaban J connectivity index is 2.14. The van der Waals surface area contributed by atoms with E-state index in [0.29, 0.717) is 5.56 Å². The molecular formula is C20H20F3NO2. The summed E-state index contributed by atoms with van der Waals surface area (Å²) in [5, 5.41) is 11.7. The highest BCUT2D eigenvalue weighted by Gasteiger charge is 2.38. The first-order valence-electron chi connectivity index (χ1n) is 8.38. The molecule has 1 atom stereocenters. The zero-order valence-corrected chi connectivity index (χ0v) is 14.5. The minimum absolute atomic E-state index is 0.0975. The summed E-state index contributed by atoms with van der Waals surface area (Å²) < 4.78 is 40.1. The number of amides is 1. The number of aryl methyl sites for hydroxylation is 1. The van der Waals surface area contributed by atoms with Crippen LogP contribution < -0.4 is 5.32 Å². The summed E-state index contributed by atoms with van der Waals surface area (Å²) in [6.07, 6.45) is -4.04. The van der Waals surface area contributed by atoms with Crippen LogP contribution in [0.25, 0.3) is 11.1 Å². The first-order valence-corrected chi connectivity index (χ1v) is 8.38. The highest BCUT2D eigenvalue weighted by molar-refractivity contribution is 5.71. The Labute approximate surface area is 149 Å². The molecule has 6 heteroatoms. The number of rotatable bonds is 2. The fraction of sp³-hybridized carbons (Fsp3) is 0.350. The van der Waals surface area contributed by atoms with Gasteiger partial charge in [-0.3, -0.25) is 0 Å². The van der Waals surface area contributed by atoms with Crippen molar-refractivity contribution in [3.05, 3.63) is 59.2 Å². The zero-order valence-electron chi connectivity index (χ0n) is 14.5. The van der Waals surface area contributed by atoms with E-state index >= 15 is 0 Å². The molecule has 0 radical (unpaired) electrons. The number of hydrogen-bond acceptors (Lipinski definition) is 1. The van der Waals surface area contributed by atoms with E-state index in [4.69, 9.17) is 0 Å². The van der Waals surface area contributed by atoms with Gasteiger partial charge in [-0.1, -0.05) is 44.2 Å². The number of benzene rings is 2. The lowest BCUT2D eigenvalue weighted by Crippen LogP contribution is -2.40. The highest BCUT2D eigenvalue weighted by Crippen LogP contribution is 2.45. The molecule has 138 valence electrons. The monoisotopic (exact) mass is 363 g/mol. The second-order valence-corrected chi connectivity index (χ2v) is 7.33. The number of hydrogen-bond donors (Lipinski definition) is 2. The van der Waals surface area contributed by atoms with E-state index in [1.807, 2.05) is 19.9 Å². The van der Waals surface area contributed by atoms with Gasteiger partial charge in [-0.05, 0) is 52.6 Å². The van der Waals surface area contributed by atoms with Crippen LogP contribution in [0.2, 0.25) is 0 Å². The largest absolute Gasteiger partial charge is 0.465 e. The van der Waals surface area contributed by atoms with Gasteiger partial charge >= 0.3 is 12.3 Å². The summed E-state index contributed by atoms with van der Waals surface area (Å²) in [5.41, 5.74) is 1.23. The number of carbonyl (C=O) groups is 1. The summed E-state index contributed by atoms with van der Waals surface area (Å²) in [7, 11) is 0. The Kier molecular flexibility index (Phi) is 4.46. The maximum Gasteiger partial charge on any atom is 0.417 e. The van der Waals surface area contributed by atoms with Crippen molar-refractivity contribution >= 4 is 6.09 Å². The van der Waals surface area contributed by atoms with Crippen molar-refractivity contribution in [3.63, 3.8) is 0 Å². The van der Waals surface area contributed by atoms with Crippen molar-refractivity contribution in [1.82, 2.24) is 5.32 Å². The van der Waals surface area contributed by atoms with Crippen molar-refractivity contribution in [2.45, 2.75) is 38.9 Å². The molecule has 1 unspecified atom stereocenters. The van der Waals surface area contributed by atoms with Crippen molar-refractivity contribution in [3.8, 4) is 11.1 Å². The van der Waals surface area contributed by atoms with Crippen molar-refractivity contribution < 1.29 is 23.1 Å². The molecule has 26 heavy (non-hydrogen) atoms. The fourth-order valence-corrected chi connectivity index (χ4v) is 3.66. The maximum atomic E-state index is 13.4. The molecule has 0 heterocycles. The van der Waals surface area contributed by atoms with E-state index in [9.17, 15) is 23.1 Å². The molecule has 0 aromatic heterocycles. The molecule has 3 nitrogen and oxygen atoms in total. The predicted octanol–water partition coefficient (Wildman–Crippen LogP) is 5.65. The lowest BCUT2D eigenvalue weighted by Gasteiger charge is -2.40. The van der Waals surface area contributed by atoms with Gasteiger partial charge in [0.25, 0.3) is 0 Å². The van der Waals surface area contributed by atoms with Crippen LogP contribution in [0.5, 0.6) is 0 Å². The summed E-state index contributed by atoms with van der Waals surface area (Å²) in [6.45, 7) is 3.93. The average Bonchev–Trinajstić information content (AvgIpc) is 2.56. The van der Waals surface area contributed by atoms with E-state index in [1.165, 1.54) is 12.1 Å². The molecule has 0 fully saturated rings. The van der Waals surface area contributed by atoms with Crippen LogP contribution in [0, 0.1) is 5.41 Å². The average molecular weight is 363 g/mol. The van der Waals surface area contributed by atoms with Crippen molar-refractivity contribution in [2.75, 3.05) is 0 Å².